The molecule has 254 valence electrons. The van der Waals surface area contributed by atoms with Crippen molar-refractivity contribution in [2.45, 2.75) is 0 Å². The lowest BCUT2D eigenvalue weighted by atomic mass is 10.0. The molecule has 0 bridgehead atoms. The van der Waals surface area contributed by atoms with Gasteiger partial charge in [0.1, 0.15) is 6.07 Å². The number of rotatable bonds is 4. The molecule has 0 aliphatic carbocycles. The van der Waals surface area contributed by atoms with Gasteiger partial charge in [-0.25, -0.2) is 0 Å². The number of hydrogen-bond acceptors (Lipinski definition) is 2. The molecule has 0 spiro atoms. The summed E-state index contributed by atoms with van der Waals surface area (Å²) in [6, 6.07) is 66.0. The number of aromatic nitrogens is 3. The third-order valence-electron chi connectivity index (χ3n) is 11.1. The summed E-state index contributed by atoms with van der Waals surface area (Å²) in [5.41, 5.74) is 12.9. The molecule has 55 heavy (non-hydrogen) atoms. The summed E-state index contributed by atoms with van der Waals surface area (Å²) in [6.45, 7) is 0. The Labute approximate surface area is 316 Å². The monoisotopic (exact) mass is 699 g/mol. The van der Waals surface area contributed by atoms with Gasteiger partial charge in [0.2, 0.25) is 0 Å². The van der Waals surface area contributed by atoms with Crippen LogP contribution in [-0.2, 0) is 0 Å². The molecule has 5 nitrogen and oxygen atoms in total. The maximum Gasteiger partial charge on any atom is 0.101 e. The van der Waals surface area contributed by atoms with Gasteiger partial charge in [-0.3, -0.25) is 0 Å². The van der Waals surface area contributed by atoms with E-state index in [1.165, 1.54) is 10.8 Å². The van der Waals surface area contributed by atoms with Gasteiger partial charge < -0.3 is 13.7 Å². The number of fused-ring (bicyclic) bond motifs is 9. The predicted octanol–water partition coefficient (Wildman–Crippen LogP) is 12.4. The standard InChI is InChI=1S/C50H29N5/c51-30-32-20-27-47-42(28-32)40-13-4-8-18-46(40)54(47)48-19-9-14-41-39-12-3-5-15-43(39)53(50(41)48)36-25-23-33(24-26-36)34-21-22-35(31-52)49(29-34)55-44-16-6-1-10-37(44)38-11-2-7-17-45(38)55/h1-29H. The summed E-state index contributed by atoms with van der Waals surface area (Å²) in [5, 5.41) is 26.9. The smallest absolute Gasteiger partial charge is 0.101 e. The summed E-state index contributed by atoms with van der Waals surface area (Å²) in [6.07, 6.45) is 0. The van der Waals surface area contributed by atoms with E-state index in [1.807, 2.05) is 24.3 Å². The molecular weight excluding hydrogens is 671 g/mol. The van der Waals surface area contributed by atoms with Crippen LogP contribution in [-0.4, -0.2) is 13.7 Å². The first-order valence-electron chi connectivity index (χ1n) is 18.3. The summed E-state index contributed by atoms with van der Waals surface area (Å²) in [7, 11) is 0. The molecule has 0 N–H and O–H groups in total. The highest BCUT2D eigenvalue weighted by molar-refractivity contribution is 6.15. The molecule has 0 radical (unpaired) electrons. The number of para-hydroxylation sites is 5. The molecule has 3 aromatic heterocycles. The fraction of sp³-hybridized carbons (Fsp3) is 0. The molecule has 0 saturated carbocycles. The Bertz CT molecular complexity index is 3400. The van der Waals surface area contributed by atoms with Crippen molar-refractivity contribution in [2.24, 2.45) is 0 Å². The van der Waals surface area contributed by atoms with Crippen LogP contribution in [0.3, 0.4) is 0 Å². The van der Waals surface area contributed by atoms with E-state index in [9.17, 15) is 10.5 Å². The summed E-state index contributed by atoms with van der Waals surface area (Å²) in [5.74, 6) is 0. The van der Waals surface area contributed by atoms with Gasteiger partial charge >= 0.3 is 0 Å². The number of benzene rings is 8. The second kappa shape index (κ2) is 11.8. The molecule has 0 amide bonds. The van der Waals surface area contributed by atoms with Crippen LogP contribution in [0.4, 0.5) is 0 Å². The minimum Gasteiger partial charge on any atom is -0.308 e. The SMILES string of the molecule is N#Cc1ccc2c(c1)c1ccccc1n2-c1cccc2c3ccccc3n(-c3ccc(-c4ccc(C#N)c(-n5c6ccccc6c6ccccc65)c4)cc3)c12. The van der Waals surface area contributed by atoms with Crippen LogP contribution in [0.15, 0.2) is 176 Å². The highest BCUT2D eigenvalue weighted by Gasteiger charge is 2.21. The lowest BCUT2D eigenvalue weighted by molar-refractivity contribution is 1.13. The third kappa shape index (κ3) is 4.45. The Hall–Kier alpha value is -7.86. The van der Waals surface area contributed by atoms with E-state index in [0.717, 1.165) is 82.8 Å². The quantitative estimate of drug-likeness (QED) is 0.184. The first kappa shape index (κ1) is 30.7. The van der Waals surface area contributed by atoms with Gasteiger partial charge in [-0.05, 0) is 83.9 Å². The molecular formula is C50H29N5. The Morgan fingerprint density at radius 3 is 1.47 bits per heavy atom. The lowest BCUT2D eigenvalue weighted by Crippen LogP contribution is -2.01. The summed E-state index contributed by atoms with van der Waals surface area (Å²) < 4.78 is 6.93. The van der Waals surface area contributed by atoms with E-state index in [2.05, 4.69) is 177 Å². The average molecular weight is 700 g/mol. The second-order valence-electron chi connectivity index (χ2n) is 14.0. The van der Waals surface area contributed by atoms with Gasteiger partial charge in [0, 0.05) is 38.0 Å². The van der Waals surface area contributed by atoms with E-state index in [-0.39, 0.29) is 0 Å². The highest BCUT2D eigenvalue weighted by Crippen LogP contribution is 2.40. The van der Waals surface area contributed by atoms with Crippen LogP contribution < -0.4 is 0 Å². The molecule has 0 aliphatic heterocycles. The van der Waals surface area contributed by atoms with E-state index >= 15 is 0 Å². The minimum absolute atomic E-state index is 0.624. The van der Waals surface area contributed by atoms with E-state index in [0.29, 0.717) is 11.1 Å². The van der Waals surface area contributed by atoms with Crippen molar-refractivity contribution in [2.75, 3.05) is 0 Å². The first-order chi connectivity index (χ1) is 27.2. The minimum atomic E-state index is 0.624. The molecule has 0 aliphatic rings. The number of nitrogens with zero attached hydrogens (tertiary/aromatic N) is 5. The topological polar surface area (TPSA) is 62.4 Å². The van der Waals surface area contributed by atoms with Crippen LogP contribution in [0.1, 0.15) is 11.1 Å². The zero-order valence-corrected chi connectivity index (χ0v) is 29.5. The van der Waals surface area contributed by atoms with Crippen LogP contribution in [0, 0.1) is 22.7 Å². The van der Waals surface area contributed by atoms with E-state index in [1.54, 1.807) is 0 Å². The van der Waals surface area contributed by atoms with Crippen LogP contribution >= 0.6 is 0 Å². The largest absolute Gasteiger partial charge is 0.308 e. The van der Waals surface area contributed by atoms with Crippen molar-refractivity contribution in [1.82, 2.24) is 13.7 Å². The van der Waals surface area contributed by atoms with Crippen molar-refractivity contribution in [3.63, 3.8) is 0 Å². The summed E-state index contributed by atoms with van der Waals surface area (Å²) in [4.78, 5) is 0. The van der Waals surface area contributed by atoms with E-state index < -0.39 is 0 Å². The van der Waals surface area contributed by atoms with Gasteiger partial charge in [-0.1, -0.05) is 103 Å². The molecule has 0 saturated heterocycles. The molecule has 8 aromatic carbocycles. The predicted molar refractivity (Wildman–Crippen MR) is 224 cm³/mol. The van der Waals surface area contributed by atoms with Crippen molar-refractivity contribution < 1.29 is 0 Å². The Morgan fingerprint density at radius 1 is 0.345 bits per heavy atom. The van der Waals surface area contributed by atoms with Gasteiger partial charge in [-0.15, -0.1) is 0 Å². The maximum atomic E-state index is 10.3. The Balaban J connectivity index is 1.11. The van der Waals surface area contributed by atoms with Crippen molar-refractivity contribution >= 4 is 65.4 Å². The van der Waals surface area contributed by atoms with Crippen LogP contribution in [0.25, 0.3) is 93.6 Å². The Morgan fingerprint density at radius 2 is 0.855 bits per heavy atom. The molecule has 0 unspecified atom stereocenters. The van der Waals surface area contributed by atoms with Crippen molar-refractivity contribution in [1.29, 1.82) is 10.5 Å². The van der Waals surface area contributed by atoms with Crippen molar-refractivity contribution in [3.8, 4) is 40.3 Å². The second-order valence-corrected chi connectivity index (χ2v) is 14.0. The molecule has 11 rings (SSSR count). The van der Waals surface area contributed by atoms with Gasteiger partial charge in [0.15, 0.2) is 0 Å². The van der Waals surface area contributed by atoms with Crippen LogP contribution in [0.5, 0.6) is 0 Å². The van der Waals surface area contributed by atoms with Gasteiger partial charge in [-0.2, -0.15) is 10.5 Å². The molecule has 0 atom stereocenters. The average Bonchev–Trinajstić information content (AvgIpc) is 3.89. The molecule has 5 heteroatoms. The molecule has 3 heterocycles. The molecule has 11 aromatic rings. The van der Waals surface area contributed by atoms with Crippen molar-refractivity contribution in [3.05, 3.63) is 187 Å². The number of nitriles is 2. The van der Waals surface area contributed by atoms with Gasteiger partial charge in [0.25, 0.3) is 0 Å². The fourth-order valence-electron chi connectivity index (χ4n) is 8.73. The highest BCUT2D eigenvalue weighted by atomic mass is 15.1. The Kier molecular flexibility index (Phi) is 6.61. The third-order valence-corrected chi connectivity index (χ3v) is 11.1. The zero-order valence-electron chi connectivity index (χ0n) is 29.5. The summed E-state index contributed by atoms with van der Waals surface area (Å²) >= 11 is 0. The zero-order chi connectivity index (χ0) is 36.6. The lowest BCUT2D eigenvalue weighted by Gasteiger charge is -2.15. The normalized spacial score (nSPS) is 11.6. The fourth-order valence-corrected chi connectivity index (χ4v) is 8.73. The number of hydrogen-bond donors (Lipinski definition) is 0. The van der Waals surface area contributed by atoms with Gasteiger partial charge in [0.05, 0.1) is 61.7 Å². The van der Waals surface area contributed by atoms with Crippen LogP contribution in [0.2, 0.25) is 0 Å². The molecule has 0 fully saturated rings. The maximum absolute atomic E-state index is 10.3. The van der Waals surface area contributed by atoms with E-state index in [4.69, 9.17) is 0 Å². The first-order valence-corrected chi connectivity index (χ1v) is 18.3.